The summed E-state index contributed by atoms with van der Waals surface area (Å²) < 4.78 is 14.0. The normalized spacial score (nSPS) is 15.8. The summed E-state index contributed by atoms with van der Waals surface area (Å²) in [6, 6.07) is 4.72. The van der Waals surface area contributed by atoms with Crippen LogP contribution in [0.1, 0.15) is 24.8 Å². The van der Waals surface area contributed by atoms with Crippen molar-refractivity contribution >= 4 is 21.8 Å². The topological polar surface area (TPSA) is 24.4 Å². The number of hydrogen-bond donors (Lipinski definition) is 1. The Balaban J connectivity index is 1.98. The number of hydrogen-bond acceptors (Lipinski definition) is 2. The number of aliphatic imine (C=N–C) groups is 1. The van der Waals surface area contributed by atoms with E-state index in [1.54, 1.807) is 12.1 Å². The molecule has 1 aliphatic rings. The number of nitrogens with one attached hydrogen (secondary N) is 1. The second kappa shape index (κ2) is 5.43. The van der Waals surface area contributed by atoms with Gasteiger partial charge >= 0.3 is 0 Å². The van der Waals surface area contributed by atoms with Crippen molar-refractivity contribution in [3.05, 3.63) is 34.1 Å². The van der Waals surface area contributed by atoms with E-state index in [1.807, 2.05) is 0 Å². The zero-order valence-corrected chi connectivity index (χ0v) is 10.6. The van der Waals surface area contributed by atoms with Gasteiger partial charge in [0.2, 0.25) is 0 Å². The molecule has 4 heteroatoms. The summed E-state index contributed by atoms with van der Waals surface area (Å²) in [6.07, 6.45) is 3.37. The van der Waals surface area contributed by atoms with Crippen LogP contribution in [-0.2, 0) is 6.54 Å². The Bertz CT molecular complexity index is 404. The maximum atomic E-state index is 13.0. The van der Waals surface area contributed by atoms with E-state index in [2.05, 4.69) is 26.2 Å². The van der Waals surface area contributed by atoms with Gasteiger partial charge in [0.1, 0.15) is 5.82 Å². The van der Waals surface area contributed by atoms with Crippen LogP contribution in [-0.4, -0.2) is 12.4 Å². The van der Waals surface area contributed by atoms with E-state index in [0.717, 1.165) is 28.8 Å². The third kappa shape index (κ3) is 3.04. The van der Waals surface area contributed by atoms with Crippen molar-refractivity contribution in [2.24, 2.45) is 4.99 Å². The predicted octanol–water partition coefficient (Wildman–Crippen LogP) is 3.26. The fourth-order valence-electron chi connectivity index (χ4n) is 1.72. The molecule has 1 aromatic carbocycles. The van der Waals surface area contributed by atoms with Gasteiger partial charge in [0.05, 0.1) is 5.84 Å². The molecular formula is C12H14BrFN2. The van der Waals surface area contributed by atoms with Crippen molar-refractivity contribution in [2.45, 2.75) is 25.8 Å². The zero-order valence-electron chi connectivity index (χ0n) is 8.97. The van der Waals surface area contributed by atoms with Crippen LogP contribution in [0, 0.1) is 5.82 Å². The molecule has 0 bridgehead atoms. The number of nitrogens with zero attached hydrogens (tertiary/aromatic N) is 1. The van der Waals surface area contributed by atoms with Crippen molar-refractivity contribution in [2.75, 3.05) is 6.54 Å². The lowest BCUT2D eigenvalue weighted by Crippen LogP contribution is -2.25. The molecule has 0 spiro atoms. The Labute approximate surface area is 103 Å². The van der Waals surface area contributed by atoms with E-state index >= 15 is 0 Å². The third-order valence-electron chi connectivity index (χ3n) is 2.62. The van der Waals surface area contributed by atoms with Gasteiger partial charge in [-0.3, -0.25) is 4.99 Å². The van der Waals surface area contributed by atoms with E-state index in [-0.39, 0.29) is 5.82 Å². The summed E-state index contributed by atoms with van der Waals surface area (Å²) >= 11 is 3.41. The van der Waals surface area contributed by atoms with E-state index < -0.39 is 0 Å². The molecule has 1 aromatic rings. The molecule has 0 atom stereocenters. The van der Waals surface area contributed by atoms with Crippen LogP contribution < -0.4 is 5.32 Å². The van der Waals surface area contributed by atoms with E-state index in [1.165, 1.54) is 18.9 Å². The number of rotatable bonds is 2. The molecule has 0 aliphatic carbocycles. The standard InChI is InChI=1S/C12H14BrFN2/c13-11-5-4-10(14)7-9(11)8-16-12-3-1-2-6-15-12/h4-5,7H,1-3,6,8H2,(H,15,16). The van der Waals surface area contributed by atoms with Crippen molar-refractivity contribution in [1.82, 2.24) is 5.32 Å². The van der Waals surface area contributed by atoms with Crippen LogP contribution in [0.2, 0.25) is 0 Å². The lowest BCUT2D eigenvalue weighted by Gasteiger charge is -2.14. The van der Waals surface area contributed by atoms with E-state index in [4.69, 9.17) is 0 Å². The smallest absolute Gasteiger partial charge is 0.123 e. The Kier molecular flexibility index (Phi) is 3.93. The summed E-state index contributed by atoms with van der Waals surface area (Å²) in [6.45, 7) is 1.53. The second-order valence-corrected chi connectivity index (χ2v) is 4.73. The number of halogens is 2. The maximum Gasteiger partial charge on any atom is 0.123 e. The van der Waals surface area contributed by atoms with Crippen LogP contribution in [0.15, 0.2) is 27.7 Å². The van der Waals surface area contributed by atoms with Gasteiger partial charge in [-0.2, -0.15) is 0 Å². The fraction of sp³-hybridized carbons (Fsp3) is 0.417. The SMILES string of the molecule is Fc1ccc(Br)c(CNC2=NCCCC2)c1. The Hall–Kier alpha value is -0.900. The van der Waals surface area contributed by atoms with E-state index in [0.29, 0.717) is 6.54 Å². The summed E-state index contributed by atoms with van der Waals surface area (Å²) in [5.74, 6) is 0.841. The van der Waals surface area contributed by atoms with Gasteiger partial charge < -0.3 is 5.32 Å². The third-order valence-corrected chi connectivity index (χ3v) is 3.39. The first-order chi connectivity index (χ1) is 7.75. The first kappa shape index (κ1) is 11.6. The van der Waals surface area contributed by atoms with Crippen LogP contribution in [0.5, 0.6) is 0 Å². The Morgan fingerprint density at radius 2 is 2.25 bits per heavy atom. The van der Waals surface area contributed by atoms with Crippen LogP contribution in [0.4, 0.5) is 4.39 Å². The molecule has 0 radical (unpaired) electrons. The Morgan fingerprint density at radius 3 is 3.00 bits per heavy atom. The molecule has 1 aliphatic heterocycles. The average molecular weight is 285 g/mol. The Morgan fingerprint density at radius 1 is 1.38 bits per heavy atom. The van der Waals surface area contributed by atoms with Gasteiger partial charge in [-0.25, -0.2) is 4.39 Å². The van der Waals surface area contributed by atoms with E-state index in [9.17, 15) is 4.39 Å². The average Bonchev–Trinajstić information content (AvgIpc) is 2.32. The maximum absolute atomic E-state index is 13.0. The van der Waals surface area contributed by atoms with Gasteiger partial charge in [0.15, 0.2) is 0 Å². The fourth-order valence-corrected chi connectivity index (χ4v) is 2.10. The summed E-state index contributed by atoms with van der Waals surface area (Å²) in [5.41, 5.74) is 0.924. The quantitative estimate of drug-likeness (QED) is 0.886. The highest BCUT2D eigenvalue weighted by Gasteiger charge is 2.06. The lowest BCUT2D eigenvalue weighted by atomic mass is 10.1. The predicted molar refractivity (Wildman–Crippen MR) is 67.1 cm³/mol. The van der Waals surface area contributed by atoms with Gasteiger partial charge in [0, 0.05) is 24.0 Å². The highest BCUT2D eigenvalue weighted by Crippen LogP contribution is 2.17. The molecule has 1 N–H and O–H groups in total. The summed E-state index contributed by atoms with van der Waals surface area (Å²) in [5, 5.41) is 3.26. The van der Waals surface area contributed by atoms with Crippen LogP contribution in [0.25, 0.3) is 0 Å². The molecule has 86 valence electrons. The van der Waals surface area contributed by atoms with Gasteiger partial charge in [-0.05, 0) is 36.6 Å². The largest absolute Gasteiger partial charge is 0.370 e. The zero-order chi connectivity index (χ0) is 11.4. The second-order valence-electron chi connectivity index (χ2n) is 3.87. The first-order valence-electron chi connectivity index (χ1n) is 5.47. The highest BCUT2D eigenvalue weighted by atomic mass is 79.9. The molecule has 0 aromatic heterocycles. The minimum atomic E-state index is -0.203. The number of amidine groups is 1. The molecule has 0 amide bonds. The van der Waals surface area contributed by atoms with Crippen molar-refractivity contribution in [3.8, 4) is 0 Å². The van der Waals surface area contributed by atoms with Crippen LogP contribution >= 0.6 is 15.9 Å². The summed E-state index contributed by atoms with van der Waals surface area (Å²) in [4.78, 5) is 4.39. The van der Waals surface area contributed by atoms with Crippen molar-refractivity contribution in [1.29, 1.82) is 0 Å². The lowest BCUT2D eigenvalue weighted by molar-refractivity contribution is 0.623. The van der Waals surface area contributed by atoms with Gasteiger partial charge in [-0.15, -0.1) is 0 Å². The molecule has 0 fully saturated rings. The molecule has 1 heterocycles. The van der Waals surface area contributed by atoms with Crippen molar-refractivity contribution < 1.29 is 4.39 Å². The summed E-state index contributed by atoms with van der Waals surface area (Å²) in [7, 11) is 0. The number of benzene rings is 1. The monoisotopic (exact) mass is 284 g/mol. The minimum Gasteiger partial charge on any atom is -0.370 e. The molecule has 0 unspecified atom stereocenters. The molecular weight excluding hydrogens is 271 g/mol. The molecule has 2 rings (SSSR count). The highest BCUT2D eigenvalue weighted by molar-refractivity contribution is 9.10. The molecule has 0 saturated heterocycles. The molecule has 2 nitrogen and oxygen atoms in total. The van der Waals surface area contributed by atoms with Gasteiger partial charge in [-0.1, -0.05) is 15.9 Å². The first-order valence-corrected chi connectivity index (χ1v) is 6.26. The van der Waals surface area contributed by atoms with Crippen molar-refractivity contribution in [3.63, 3.8) is 0 Å². The van der Waals surface area contributed by atoms with Crippen LogP contribution in [0.3, 0.4) is 0 Å². The van der Waals surface area contributed by atoms with Gasteiger partial charge in [0.25, 0.3) is 0 Å². The molecule has 16 heavy (non-hydrogen) atoms. The minimum absolute atomic E-state index is 0.203. The molecule has 0 saturated carbocycles.